The van der Waals surface area contributed by atoms with E-state index in [1.54, 1.807) is 0 Å². The maximum Gasteiger partial charge on any atom is 0.119 e. The predicted molar refractivity (Wildman–Crippen MR) is 138 cm³/mol. The number of hydroxylamine groups is 1. The van der Waals surface area contributed by atoms with Gasteiger partial charge in [0.2, 0.25) is 0 Å². The van der Waals surface area contributed by atoms with Gasteiger partial charge in [-0.1, -0.05) is 57.9 Å². The first kappa shape index (κ1) is 29.0. The summed E-state index contributed by atoms with van der Waals surface area (Å²) in [5.74, 6) is 1.82. The Bertz CT molecular complexity index is 673. The molecule has 2 aromatic carbocycles. The van der Waals surface area contributed by atoms with Gasteiger partial charge in [0, 0.05) is 13.2 Å². The van der Waals surface area contributed by atoms with Crippen molar-refractivity contribution < 1.29 is 19.4 Å². The van der Waals surface area contributed by atoms with Crippen molar-refractivity contribution in [1.82, 2.24) is 5.48 Å². The summed E-state index contributed by atoms with van der Waals surface area (Å²) in [6.07, 6.45) is 8.52. The third-order valence-electron chi connectivity index (χ3n) is 5.02. The van der Waals surface area contributed by atoms with Crippen LogP contribution in [-0.4, -0.2) is 38.1 Å². The minimum absolute atomic E-state index is 0.281. The van der Waals surface area contributed by atoms with Gasteiger partial charge in [-0.3, -0.25) is 0 Å². The lowest BCUT2D eigenvalue weighted by molar-refractivity contribution is 0.0418. The zero-order chi connectivity index (χ0) is 24.0. The number of rotatable bonds is 18. The highest BCUT2D eigenvalue weighted by Crippen LogP contribution is 2.25. The third kappa shape index (κ3) is 13.9. The molecule has 0 atom stereocenters. The van der Waals surface area contributed by atoms with Crippen LogP contribution in [-0.2, 0) is 4.84 Å². The Morgan fingerprint density at radius 2 is 1.03 bits per heavy atom. The second kappa shape index (κ2) is 20.5. The van der Waals surface area contributed by atoms with E-state index in [1.807, 2.05) is 45.0 Å². The smallest absolute Gasteiger partial charge is 0.119 e. The summed E-state index contributed by atoms with van der Waals surface area (Å²) in [5, 5.41) is 8.79. The van der Waals surface area contributed by atoms with Crippen LogP contribution >= 0.6 is 0 Å². The molecule has 33 heavy (non-hydrogen) atoms. The second-order valence-electron chi connectivity index (χ2n) is 7.64. The Morgan fingerprint density at radius 3 is 1.45 bits per heavy atom. The van der Waals surface area contributed by atoms with Gasteiger partial charge in [0.15, 0.2) is 0 Å². The molecule has 0 saturated heterocycles. The fourth-order valence-electron chi connectivity index (χ4n) is 3.24. The average Bonchev–Trinajstić information content (AvgIpc) is 2.87. The van der Waals surface area contributed by atoms with E-state index in [4.69, 9.17) is 19.4 Å². The van der Waals surface area contributed by atoms with Crippen molar-refractivity contribution in [3.8, 4) is 22.6 Å². The average molecular weight is 460 g/mol. The summed E-state index contributed by atoms with van der Waals surface area (Å²) in [7, 11) is 0. The fraction of sp³-hybridized carbons (Fsp3) is 0.571. The normalized spacial score (nSPS) is 10.4. The Morgan fingerprint density at radius 1 is 0.606 bits per heavy atom. The van der Waals surface area contributed by atoms with E-state index in [9.17, 15) is 0 Å². The summed E-state index contributed by atoms with van der Waals surface area (Å²) in [5.41, 5.74) is 5.21. The number of aliphatic hydroxyl groups excluding tert-OH is 1. The fourth-order valence-corrected chi connectivity index (χ4v) is 3.24. The molecule has 0 aliphatic heterocycles. The molecule has 0 aromatic heterocycles. The lowest BCUT2D eigenvalue weighted by Crippen LogP contribution is -2.14. The highest BCUT2D eigenvalue weighted by Gasteiger charge is 2.01. The van der Waals surface area contributed by atoms with Crippen molar-refractivity contribution in [3.63, 3.8) is 0 Å². The molecule has 2 rings (SSSR count). The first-order valence-corrected chi connectivity index (χ1v) is 12.7. The topological polar surface area (TPSA) is 60.0 Å². The number of nitrogens with one attached hydrogen (secondary N) is 1. The van der Waals surface area contributed by atoms with Gasteiger partial charge in [-0.15, -0.1) is 0 Å². The maximum atomic E-state index is 8.79. The molecule has 5 heteroatoms. The van der Waals surface area contributed by atoms with Gasteiger partial charge in [-0.05, 0) is 73.9 Å². The predicted octanol–water partition coefficient (Wildman–Crippen LogP) is 6.79. The molecule has 5 nitrogen and oxygen atoms in total. The van der Waals surface area contributed by atoms with E-state index < -0.39 is 0 Å². The second-order valence-corrected chi connectivity index (χ2v) is 7.64. The van der Waals surface area contributed by atoms with Crippen LogP contribution in [0.2, 0.25) is 0 Å². The number of unbranched alkanes of at least 4 members (excludes halogenated alkanes) is 6. The molecule has 2 N–H and O–H groups in total. The first-order chi connectivity index (χ1) is 16.3. The van der Waals surface area contributed by atoms with Crippen molar-refractivity contribution in [2.75, 3.05) is 33.0 Å². The largest absolute Gasteiger partial charge is 0.494 e. The third-order valence-corrected chi connectivity index (χ3v) is 5.02. The lowest BCUT2D eigenvalue weighted by Gasteiger charge is -2.09. The Hall–Kier alpha value is -2.08. The van der Waals surface area contributed by atoms with Crippen LogP contribution < -0.4 is 15.0 Å². The number of hydrogen-bond donors (Lipinski definition) is 2. The molecule has 0 aliphatic rings. The van der Waals surface area contributed by atoms with Crippen LogP contribution in [0.15, 0.2) is 48.5 Å². The molecule has 0 radical (unpaired) electrons. The Kier molecular flexibility index (Phi) is 18.0. The molecule has 0 saturated carbocycles. The summed E-state index contributed by atoms with van der Waals surface area (Å²) < 4.78 is 11.7. The molecule has 2 aromatic rings. The van der Waals surface area contributed by atoms with E-state index >= 15 is 0 Å². The van der Waals surface area contributed by atoms with Gasteiger partial charge in [0.05, 0.1) is 19.8 Å². The molecule has 0 unspecified atom stereocenters. The van der Waals surface area contributed by atoms with Crippen molar-refractivity contribution in [2.45, 2.75) is 72.1 Å². The summed E-state index contributed by atoms with van der Waals surface area (Å²) in [6.45, 7) is 9.40. The van der Waals surface area contributed by atoms with Gasteiger partial charge < -0.3 is 19.4 Å². The van der Waals surface area contributed by atoms with Gasteiger partial charge in [-0.2, -0.15) is 0 Å². The molecule has 0 heterocycles. The number of aliphatic hydroxyl groups is 1. The van der Waals surface area contributed by atoms with Crippen LogP contribution in [0.5, 0.6) is 11.5 Å². The Labute approximate surface area is 201 Å². The van der Waals surface area contributed by atoms with Crippen LogP contribution in [0.1, 0.15) is 72.1 Å². The van der Waals surface area contributed by atoms with E-state index in [1.165, 1.54) is 11.1 Å². The number of hydrogen-bond acceptors (Lipinski definition) is 5. The molecule has 0 fully saturated rings. The van der Waals surface area contributed by atoms with Crippen LogP contribution in [0, 0.1) is 0 Å². The van der Waals surface area contributed by atoms with E-state index in [2.05, 4.69) is 29.7 Å². The van der Waals surface area contributed by atoms with Crippen LogP contribution in [0.4, 0.5) is 0 Å². The van der Waals surface area contributed by atoms with Gasteiger partial charge >= 0.3 is 0 Å². The number of ether oxygens (including phenoxy) is 2. The minimum atomic E-state index is 0.281. The minimum Gasteiger partial charge on any atom is -0.494 e. The number of benzene rings is 2. The molecule has 0 aliphatic carbocycles. The van der Waals surface area contributed by atoms with Crippen molar-refractivity contribution in [1.29, 1.82) is 0 Å². The zero-order valence-corrected chi connectivity index (χ0v) is 21.0. The lowest BCUT2D eigenvalue weighted by atomic mass is 10.1. The van der Waals surface area contributed by atoms with E-state index in [0.717, 1.165) is 89.2 Å². The Balaban J connectivity index is 0.00000265. The first-order valence-electron chi connectivity index (χ1n) is 12.7. The molecular formula is C28H45NO4. The quantitative estimate of drug-likeness (QED) is 0.190. The standard InChI is InChI=1S/C26H39NO4.C2H6/c1-2-27-31-22-10-6-5-9-21-30-26-17-13-24(14-18-26)23-11-15-25(16-12-23)29-20-8-4-3-7-19-28;1-2/h11-18,27-28H,2-10,19-22H2,1H3;1-2H3. The molecule has 186 valence electrons. The van der Waals surface area contributed by atoms with Crippen molar-refractivity contribution in [3.05, 3.63) is 48.5 Å². The van der Waals surface area contributed by atoms with Crippen LogP contribution in [0.25, 0.3) is 11.1 Å². The highest BCUT2D eigenvalue weighted by molar-refractivity contribution is 5.64. The monoisotopic (exact) mass is 459 g/mol. The summed E-state index contributed by atoms with van der Waals surface area (Å²) >= 11 is 0. The molecule has 0 bridgehead atoms. The van der Waals surface area contributed by atoms with Gasteiger partial charge in [0.1, 0.15) is 11.5 Å². The van der Waals surface area contributed by atoms with Crippen molar-refractivity contribution in [2.24, 2.45) is 0 Å². The molecule has 0 amide bonds. The zero-order valence-electron chi connectivity index (χ0n) is 21.0. The maximum absolute atomic E-state index is 8.79. The summed E-state index contributed by atoms with van der Waals surface area (Å²) in [4.78, 5) is 5.25. The molecule has 0 spiro atoms. The van der Waals surface area contributed by atoms with E-state index in [-0.39, 0.29) is 6.61 Å². The van der Waals surface area contributed by atoms with Crippen molar-refractivity contribution >= 4 is 0 Å². The van der Waals surface area contributed by atoms with E-state index in [0.29, 0.717) is 0 Å². The van der Waals surface area contributed by atoms with Gasteiger partial charge in [-0.25, -0.2) is 5.48 Å². The van der Waals surface area contributed by atoms with Crippen LogP contribution in [0.3, 0.4) is 0 Å². The molecular weight excluding hydrogens is 414 g/mol. The highest BCUT2D eigenvalue weighted by atomic mass is 16.6. The SMILES string of the molecule is CC.CCNOCCCCCCOc1ccc(-c2ccc(OCCCCCCO)cc2)cc1. The van der Waals surface area contributed by atoms with Gasteiger partial charge in [0.25, 0.3) is 0 Å². The summed E-state index contributed by atoms with van der Waals surface area (Å²) in [6, 6.07) is 16.5.